The Kier molecular flexibility index (Phi) is 5.63. The molecule has 8 nitrogen and oxygen atoms in total. The normalized spacial score (nSPS) is 12.0. The Labute approximate surface area is 166 Å². The molecule has 1 aromatic heterocycles. The maximum absolute atomic E-state index is 12.4. The minimum atomic E-state index is -0.883. The number of rotatable bonds is 6. The van der Waals surface area contributed by atoms with Crippen LogP contribution in [-0.2, 0) is 4.79 Å². The summed E-state index contributed by atoms with van der Waals surface area (Å²) in [5, 5.41) is 14.2. The lowest BCUT2D eigenvalue weighted by molar-refractivity contribution is -0.384. The molecule has 0 aliphatic heterocycles. The lowest BCUT2D eigenvalue weighted by Crippen LogP contribution is -2.30. The van der Waals surface area contributed by atoms with E-state index in [-0.39, 0.29) is 11.6 Å². The number of non-ortho nitro benzene ring substituents is 1. The molecule has 0 aliphatic rings. The van der Waals surface area contributed by atoms with Gasteiger partial charge >= 0.3 is 5.63 Å². The molecule has 1 atom stereocenters. The summed E-state index contributed by atoms with van der Waals surface area (Å²) in [6, 6.07) is 12.2. The molecule has 0 radical (unpaired) electrons. The minimum absolute atomic E-state index is 0.123. The van der Waals surface area contributed by atoms with Gasteiger partial charge in [-0.15, -0.1) is 0 Å². The van der Waals surface area contributed by atoms with Crippen molar-refractivity contribution in [2.75, 3.05) is 5.32 Å². The number of hydrogen-bond acceptors (Lipinski definition) is 6. The molecule has 2 aromatic carbocycles. The Bertz CT molecular complexity index is 1140. The molecule has 1 heterocycles. The van der Waals surface area contributed by atoms with Crippen molar-refractivity contribution in [3.05, 3.63) is 74.6 Å². The summed E-state index contributed by atoms with van der Waals surface area (Å²) in [4.78, 5) is 34.5. The van der Waals surface area contributed by atoms with E-state index < -0.39 is 22.6 Å². The molecule has 150 valence electrons. The van der Waals surface area contributed by atoms with Gasteiger partial charge in [0.1, 0.15) is 11.3 Å². The quantitative estimate of drug-likeness (QED) is 0.379. The van der Waals surface area contributed by atoms with Crippen molar-refractivity contribution in [1.29, 1.82) is 0 Å². The van der Waals surface area contributed by atoms with Gasteiger partial charge in [0, 0.05) is 35.3 Å². The smallest absolute Gasteiger partial charge is 0.336 e. The monoisotopic (exact) mass is 396 g/mol. The van der Waals surface area contributed by atoms with Crippen molar-refractivity contribution >= 4 is 28.3 Å². The number of anilines is 1. The van der Waals surface area contributed by atoms with E-state index in [9.17, 15) is 19.7 Å². The molecule has 0 bridgehead atoms. The third-order valence-corrected chi connectivity index (χ3v) is 4.38. The number of nitrogens with zero attached hydrogens (tertiary/aromatic N) is 1. The highest BCUT2D eigenvalue weighted by atomic mass is 16.6. The van der Waals surface area contributed by atoms with Gasteiger partial charge in [-0.25, -0.2) is 4.79 Å². The average Bonchev–Trinajstić information content (AvgIpc) is 2.67. The first-order chi connectivity index (χ1) is 13.7. The van der Waals surface area contributed by atoms with Gasteiger partial charge in [0.2, 0.25) is 0 Å². The van der Waals surface area contributed by atoms with Gasteiger partial charge in [0.05, 0.1) is 4.92 Å². The van der Waals surface area contributed by atoms with Crippen LogP contribution in [0.3, 0.4) is 0 Å². The van der Waals surface area contributed by atoms with Crippen LogP contribution in [0.4, 0.5) is 11.4 Å². The van der Waals surface area contributed by atoms with Crippen LogP contribution in [0.2, 0.25) is 0 Å². The number of ether oxygens (including phenoxy) is 1. The van der Waals surface area contributed by atoms with Gasteiger partial charge in [0.25, 0.3) is 11.6 Å². The fraction of sp³-hybridized carbons (Fsp3) is 0.238. The summed E-state index contributed by atoms with van der Waals surface area (Å²) >= 11 is 0. The number of carbonyl (C=O) groups is 1. The second-order valence-corrected chi connectivity index (χ2v) is 6.89. The van der Waals surface area contributed by atoms with Gasteiger partial charge in [-0.2, -0.15) is 0 Å². The van der Waals surface area contributed by atoms with Crippen molar-refractivity contribution in [2.24, 2.45) is 0 Å². The molecule has 0 saturated heterocycles. The number of nitro groups is 1. The number of amides is 1. The van der Waals surface area contributed by atoms with Crippen molar-refractivity contribution in [2.45, 2.75) is 32.8 Å². The first-order valence-corrected chi connectivity index (χ1v) is 9.04. The first kappa shape index (κ1) is 20.1. The van der Waals surface area contributed by atoms with E-state index in [1.807, 2.05) is 13.8 Å². The van der Waals surface area contributed by atoms with Crippen molar-refractivity contribution < 1.29 is 18.9 Å². The lowest BCUT2D eigenvalue weighted by atomic mass is 10.00. The van der Waals surface area contributed by atoms with E-state index >= 15 is 0 Å². The van der Waals surface area contributed by atoms with Gasteiger partial charge in [0.15, 0.2) is 6.10 Å². The highest BCUT2D eigenvalue weighted by molar-refractivity contribution is 5.94. The fourth-order valence-electron chi connectivity index (χ4n) is 2.92. The lowest BCUT2D eigenvalue weighted by Gasteiger charge is -2.15. The zero-order valence-electron chi connectivity index (χ0n) is 16.2. The number of nitro benzene ring substituents is 1. The third-order valence-electron chi connectivity index (χ3n) is 4.38. The standard InChI is InChI=1S/C21H20N2O6/c1-12(2)18-11-20(24)29-19-10-16(7-8-17(18)19)28-13(3)21(25)22-14-5-4-6-15(9-14)23(26)27/h4-13H,1-3H3,(H,22,25). The number of nitrogens with one attached hydrogen (secondary N) is 1. The van der Waals surface area contributed by atoms with Crippen LogP contribution >= 0.6 is 0 Å². The van der Waals surface area contributed by atoms with Gasteiger partial charge in [-0.05, 0) is 36.6 Å². The number of hydrogen-bond donors (Lipinski definition) is 1. The molecule has 3 aromatic rings. The van der Waals surface area contributed by atoms with Crippen LogP contribution in [-0.4, -0.2) is 16.9 Å². The van der Waals surface area contributed by atoms with Crippen LogP contribution in [0.25, 0.3) is 11.0 Å². The molecule has 3 rings (SSSR count). The van der Waals surface area contributed by atoms with Crippen LogP contribution in [0.1, 0.15) is 32.3 Å². The molecular weight excluding hydrogens is 376 g/mol. The predicted molar refractivity (Wildman–Crippen MR) is 108 cm³/mol. The van der Waals surface area contributed by atoms with E-state index in [1.165, 1.54) is 24.3 Å². The maximum atomic E-state index is 12.4. The van der Waals surface area contributed by atoms with Crippen molar-refractivity contribution in [1.82, 2.24) is 0 Å². The Morgan fingerprint density at radius 2 is 1.90 bits per heavy atom. The van der Waals surface area contributed by atoms with Crippen LogP contribution in [0.15, 0.2) is 57.7 Å². The molecule has 29 heavy (non-hydrogen) atoms. The molecular formula is C21H20N2O6. The molecule has 8 heteroatoms. The van der Waals surface area contributed by atoms with Gasteiger partial charge in [-0.3, -0.25) is 14.9 Å². The SMILES string of the molecule is CC(Oc1ccc2c(C(C)C)cc(=O)oc2c1)C(=O)Nc1cccc([N+](=O)[O-])c1. The average molecular weight is 396 g/mol. The molecule has 1 N–H and O–H groups in total. The molecule has 1 amide bonds. The van der Waals surface area contributed by atoms with E-state index in [1.54, 1.807) is 31.2 Å². The van der Waals surface area contributed by atoms with Crippen LogP contribution < -0.4 is 15.7 Å². The highest BCUT2D eigenvalue weighted by Crippen LogP contribution is 2.27. The van der Waals surface area contributed by atoms with Crippen LogP contribution in [0.5, 0.6) is 5.75 Å². The zero-order chi connectivity index (χ0) is 21.1. The second-order valence-electron chi connectivity index (χ2n) is 6.89. The fourth-order valence-corrected chi connectivity index (χ4v) is 2.92. The second kappa shape index (κ2) is 8.14. The Morgan fingerprint density at radius 3 is 2.59 bits per heavy atom. The molecule has 0 spiro atoms. The Morgan fingerprint density at radius 1 is 1.14 bits per heavy atom. The van der Waals surface area contributed by atoms with Gasteiger partial charge < -0.3 is 14.5 Å². The molecule has 0 fully saturated rings. The molecule has 1 unspecified atom stereocenters. The molecule has 0 aliphatic carbocycles. The molecule has 0 saturated carbocycles. The summed E-state index contributed by atoms with van der Waals surface area (Å²) < 4.78 is 10.9. The van der Waals surface area contributed by atoms with E-state index in [0.717, 1.165) is 10.9 Å². The number of carbonyl (C=O) groups excluding carboxylic acids is 1. The minimum Gasteiger partial charge on any atom is -0.481 e. The van der Waals surface area contributed by atoms with E-state index in [2.05, 4.69) is 5.32 Å². The summed E-state index contributed by atoms with van der Waals surface area (Å²) in [7, 11) is 0. The first-order valence-electron chi connectivity index (χ1n) is 9.04. The summed E-state index contributed by atoms with van der Waals surface area (Å²) in [6.07, 6.45) is -0.883. The Balaban J connectivity index is 1.77. The maximum Gasteiger partial charge on any atom is 0.336 e. The summed E-state index contributed by atoms with van der Waals surface area (Å²) in [5.74, 6) is 0.0409. The highest BCUT2D eigenvalue weighted by Gasteiger charge is 2.17. The zero-order valence-corrected chi connectivity index (χ0v) is 16.2. The van der Waals surface area contributed by atoms with E-state index in [0.29, 0.717) is 17.0 Å². The van der Waals surface area contributed by atoms with Crippen LogP contribution in [0, 0.1) is 10.1 Å². The van der Waals surface area contributed by atoms with Gasteiger partial charge in [-0.1, -0.05) is 19.9 Å². The van der Waals surface area contributed by atoms with Crippen molar-refractivity contribution in [3.8, 4) is 5.75 Å². The summed E-state index contributed by atoms with van der Waals surface area (Å²) in [5.41, 5.74) is 0.978. The summed E-state index contributed by atoms with van der Waals surface area (Å²) in [6.45, 7) is 5.52. The largest absolute Gasteiger partial charge is 0.481 e. The predicted octanol–water partition coefficient (Wildman–Crippen LogP) is 4.23. The Hall–Kier alpha value is -3.68. The number of benzene rings is 2. The van der Waals surface area contributed by atoms with E-state index in [4.69, 9.17) is 9.15 Å². The number of fused-ring (bicyclic) bond motifs is 1. The third kappa shape index (κ3) is 4.60. The topological polar surface area (TPSA) is 112 Å². The van der Waals surface area contributed by atoms with Crippen molar-refractivity contribution in [3.63, 3.8) is 0 Å².